The monoisotopic (exact) mass is 304 g/mol. The number of hydrogen-bond acceptors (Lipinski definition) is 4. The van der Waals surface area contributed by atoms with Crippen LogP contribution in [0, 0.1) is 0 Å². The van der Waals surface area contributed by atoms with Crippen LogP contribution in [0.2, 0.25) is 5.02 Å². The summed E-state index contributed by atoms with van der Waals surface area (Å²) in [5.74, 6) is 1.07. The number of benzene rings is 2. The molecular weight excluding hydrogens is 292 g/mol. The van der Waals surface area contributed by atoms with Crippen molar-refractivity contribution in [1.29, 1.82) is 0 Å². The van der Waals surface area contributed by atoms with Gasteiger partial charge in [-0.2, -0.15) is 0 Å². The van der Waals surface area contributed by atoms with Crippen LogP contribution in [-0.2, 0) is 11.3 Å². The van der Waals surface area contributed by atoms with Crippen LogP contribution in [-0.4, -0.2) is 19.2 Å². The Labute approximate surface area is 127 Å². The average molecular weight is 305 g/mol. The van der Waals surface area contributed by atoms with Crippen molar-refractivity contribution in [3.05, 3.63) is 58.6 Å². The van der Waals surface area contributed by atoms with Crippen LogP contribution in [0.1, 0.15) is 15.9 Å². The van der Waals surface area contributed by atoms with Crippen LogP contribution < -0.4 is 9.47 Å². The first-order chi connectivity index (χ1) is 10.2. The Kier molecular flexibility index (Phi) is 3.97. The van der Waals surface area contributed by atoms with Gasteiger partial charge in [0.2, 0.25) is 0 Å². The maximum Gasteiger partial charge on any atom is 0.339 e. The zero-order chi connectivity index (χ0) is 14.7. The topological polar surface area (TPSA) is 44.8 Å². The number of ether oxygens (including phenoxy) is 3. The van der Waals surface area contributed by atoms with Crippen LogP contribution in [0.15, 0.2) is 42.5 Å². The Hall–Kier alpha value is -2.20. The molecule has 0 bridgehead atoms. The van der Waals surface area contributed by atoms with Gasteiger partial charge in [-0.05, 0) is 36.4 Å². The smallest absolute Gasteiger partial charge is 0.339 e. The normalized spacial score (nSPS) is 12.7. The number of fused-ring (bicyclic) bond motifs is 1. The second kappa shape index (κ2) is 6.06. The highest BCUT2D eigenvalue weighted by Crippen LogP contribution is 2.24. The number of rotatable bonds is 5. The minimum Gasteiger partial charge on any atom is -0.490 e. The van der Waals surface area contributed by atoms with Crippen molar-refractivity contribution in [2.24, 2.45) is 0 Å². The van der Waals surface area contributed by atoms with E-state index in [-0.39, 0.29) is 5.97 Å². The van der Waals surface area contributed by atoms with Gasteiger partial charge in [0.05, 0.1) is 5.56 Å². The van der Waals surface area contributed by atoms with Gasteiger partial charge in [0.1, 0.15) is 31.3 Å². The fraction of sp³-hybridized carbons (Fsp3) is 0.188. The lowest BCUT2D eigenvalue weighted by molar-refractivity contribution is 0.0535. The fourth-order valence-corrected chi connectivity index (χ4v) is 2.16. The van der Waals surface area contributed by atoms with E-state index in [2.05, 4.69) is 0 Å². The Morgan fingerprint density at radius 3 is 2.43 bits per heavy atom. The Bertz CT molecular complexity index is 652. The molecule has 2 aromatic carbocycles. The van der Waals surface area contributed by atoms with E-state index in [4.69, 9.17) is 25.8 Å². The van der Waals surface area contributed by atoms with Gasteiger partial charge >= 0.3 is 5.97 Å². The van der Waals surface area contributed by atoms with Gasteiger partial charge in [-0.25, -0.2) is 4.79 Å². The first-order valence-electron chi connectivity index (χ1n) is 6.53. The fourth-order valence-electron chi connectivity index (χ4n) is 2.03. The Morgan fingerprint density at radius 1 is 1.00 bits per heavy atom. The summed E-state index contributed by atoms with van der Waals surface area (Å²) in [5.41, 5.74) is 1.47. The van der Waals surface area contributed by atoms with Crippen LogP contribution >= 0.6 is 11.6 Å². The van der Waals surface area contributed by atoms with E-state index < -0.39 is 0 Å². The molecule has 0 unspecified atom stereocenters. The third-order valence-corrected chi connectivity index (χ3v) is 3.35. The first kappa shape index (κ1) is 13.8. The molecular formula is C16H13ClO4. The number of hydrogen-bond donors (Lipinski definition) is 0. The lowest BCUT2D eigenvalue weighted by atomic mass is 10.1. The van der Waals surface area contributed by atoms with Crippen LogP contribution in [0.3, 0.4) is 0 Å². The molecule has 0 fully saturated rings. The molecule has 0 N–H and O–H groups in total. The largest absolute Gasteiger partial charge is 0.490 e. The highest BCUT2D eigenvalue weighted by Gasteiger charge is 2.21. The minimum atomic E-state index is -0.298. The molecule has 5 heteroatoms. The van der Waals surface area contributed by atoms with Crippen molar-refractivity contribution < 1.29 is 19.0 Å². The van der Waals surface area contributed by atoms with E-state index in [0.717, 1.165) is 11.3 Å². The molecule has 0 saturated carbocycles. The van der Waals surface area contributed by atoms with E-state index in [9.17, 15) is 4.79 Å². The van der Waals surface area contributed by atoms with Gasteiger partial charge in [-0.1, -0.05) is 17.7 Å². The van der Waals surface area contributed by atoms with Gasteiger partial charge in [0.15, 0.2) is 0 Å². The molecule has 0 saturated heterocycles. The number of carbonyl (C=O) groups excluding carboxylic acids is 1. The van der Waals surface area contributed by atoms with Crippen molar-refractivity contribution in [3.63, 3.8) is 0 Å². The first-order valence-corrected chi connectivity index (χ1v) is 6.91. The molecule has 0 spiro atoms. The maximum absolute atomic E-state index is 11.4. The van der Waals surface area contributed by atoms with Crippen molar-refractivity contribution in [3.8, 4) is 11.5 Å². The van der Waals surface area contributed by atoms with Crippen molar-refractivity contribution in [2.45, 2.75) is 6.61 Å². The van der Waals surface area contributed by atoms with E-state index in [0.29, 0.717) is 36.2 Å². The standard InChI is InChI=1S/C16H13ClO4/c17-12-2-5-13(6-3-12)19-7-8-20-14-4-1-11-10-21-16(18)15(11)9-14/h1-6,9H,7-8,10H2. The molecule has 1 heterocycles. The maximum atomic E-state index is 11.4. The summed E-state index contributed by atoms with van der Waals surface area (Å²) in [7, 11) is 0. The predicted octanol–water partition coefficient (Wildman–Crippen LogP) is 3.47. The predicted molar refractivity (Wildman–Crippen MR) is 78.0 cm³/mol. The Morgan fingerprint density at radius 2 is 1.67 bits per heavy atom. The summed E-state index contributed by atoms with van der Waals surface area (Å²) in [6.07, 6.45) is 0. The minimum absolute atomic E-state index is 0.298. The van der Waals surface area contributed by atoms with Gasteiger partial charge in [-0.15, -0.1) is 0 Å². The molecule has 2 aromatic rings. The van der Waals surface area contributed by atoms with Crippen LogP contribution in [0.5, 0.6) is 11.5 Å². The van der Waals surface area contributed by atoms with Gasteiger partial charge < -0.3 is 14.2 Å². The van der Waals surface area contributed by atoms with Crippen LogP contribution in [0.4, 0.5) is 0 Å². The second-order valence-electron chi connectivity index (χ2n) is 4.55. The van der Waals surface area contributed by atoms with Crippen LogP contribution in [0.25, 0.3) is 0 Å². The van der Waals surface area contributed by atoms with Crippen molar-refractivity contribution in [2.75, 3.05) is 13.2 Å². The Balaban J connectivity index is 1.51. The molecule has 3 rings (SSSR count). The van der Waals surface area contributed by atoms with E-state index >= 15 is 0 Å². The summed E-state index contributed by atoms with van der Waals surface area (Å²) in [4.78, 5) is 11.4. The highest BCUT2D eigenvalue weighted by atomic mass is 35.5. The van der Waals surface area contributed by atoms with Gasteiger partial charge in [0, 0.05) is 10.6 Å². The molecule has 1 aliphatic rings. The average Bonchev–Trinajstić information content (AvgIpc) is 2.87. The zero-order valence-corrected chi connectivity index (χ0v) is 11.9. The van der Waals surface area contributed by atoms with Crippen molar-refractivity contribution >= 4 is 17.6 Å². The molecule has 21 heavy (non-hydrogen) atoms. The quantitative estimate of drug-likeness (QED) is 0.627. The van der Waals surface area contributed by atoms with Crippen molar-refractivity contribution in [1.82, 2.24) is 0 Å². The lowest BCUT2D eigenvalue weighted by Crippen LogP contribution is -2.09. The van der Waals surface area contributed by atoms with Gasteiger partial charge in [-0.3, -0.25) is 0 Å². The molecule has 0 atom stereocenters. The number of halogens is 1. The summed E-state index contributed by atoms with van der Waals surface area (Å²) in [6, 6.07) is 12.5. The lowest BCUT2D eigenvalue weighted by Gasteiger charge is -2.09. The van der Waals surface area contributed by atoms with Gasteiger partial charge in [0.25, 0.3) is 0 Å². The number of carbonyl (C=O) groups is 1. The molecule has 0 aliphatic carbocycles. The van der Waals surface area contributed by atoms with E-state index in [1.807, 2.05) is 12.1 Å². The molecule has 0 aromatic heterocycles. The molecule has 4 nitrogen and oxygen atoms in total. The molecule has 108 valence electrons. The van der Waals surface area contributed by atoms with E-state index in [1.54, 1.807) is 30.3 Å². The molecule has 0 radical (unpaired) electrons. The second-order valence-corrected chi connectivity index (χ2v) is 4.98. The number of esters is 1. The zero-order valence-electron chi connectivity index (χ0n) is 11.2. The highest BCUT2D eigenvalue weighted by molar-refractivity contribution is 6.30. The SMILES string of the molecule is O=C1OCc2ccc(OCCOc3ccc(Cl)cc3)cc21. The molecule has 0 amide bonds. The van der Waals surface area contributed by atoms with E-state index in [1.165, 1.54) is 0 Å². The third kappa shape index (κ3) is 3.28. The molecule has 1 aliphatic heterocycles. The summed E-state index contributed by atoms with van der Waals surface area (Å²) < 4.78 is 16.0. The third-order valence-electron chi connectivity index (χ3n) is 3.09. The number of cyclic esters (lactones) is 1. The summed E-state index contributed by atoms with van der Waals surface area (Å²) in [5, 5.41) is 0.670. The summed E-state index contributed by atoms with van der Waals surface area (Å²) in [6.45, 7) is 1.13. The summed E-state index contributed by atoms with van der Waals surface area (Å²) >= 11 is 5.79.